The predicted octanol–water partition coefficient (Wildman–Crippen LogP) is 3.49. The van der Waals surface area contributed by atoms with Crippen LogP contribution in [0.4, 0.5) is 0 Å². The van der Waals surface area contributed by atoms with Crippen LogP contribution in [0.2, 0.25) is 0 Å². The van der Waals surface area contributed by atoms with Crippen molar-refractivity contribution in [1.29, 1.82) is 0 Å². The van der Waals surface area contributed by atoms with Crippen LogP contribution in [-0.2, 0) is 13.0 Å². The first-order valence-electron chi connectivity index (χ1n) is 7.39. The summed E-state index contributed by atoms with van der Waals surface area (Å²) in [5.41, 5.74) is 1.10. The summed E-state index contributed by atoms with van der Waals surface area (Å²) in [6.07, 6.45) is 3.66. The lowest BCUT2D eigenvalue weighted by Gasteiger charge is -2.14. The largest absolute Gasteiger partial charge is 0.504 e. The van der Waals surface area contributed by atoms with Crippen LogP contribution in [0.1, 0.15) is 31.6 Å². The van der Waals surface area contributed by atoms with Crippen LogP contribution < -0.4 is 10.1 Å². The molecule has 2 rings (SSSR count). The monoisotopic (exact) mass is 289 g/mol. The van der Waals surface area contributed by atoms with Crippen LogP contribution in [0.15, 0.2) is 41.0 Å². The first-order chi connectivity index (χ1) is 10.2. The molecule has 1 atom stereocenters. The van der Waals surface area contributed by atoms with Crippen molar-refractivity contribution in [3.8, 4) is 11.5 Å². The molecule has 21 heavy (non-hydrogen) atoms. The molecule has 114 valence electrons. The van der Waals surface area contributed by atoms with Gasteiger partial charge in [0.15, 0.2) is 11.5 Å². The Kier molecular flexibility index (Phi) is 5.69. The minimum Gasteiger partial charge on any atom is -0.504 e. The number of nitrogens with one attached hydrogen (secondary N) is 1. The van der Waals surface area contributed by atoms with Gasteiger partial charge in [0.1, 0.15) is 5.76 Å². The van der Waals surface area contributed by atoms with Crippen LogP contribution in [0, 0.1) is 0 Å². The molecule has 4 nitrogen and oxygen atoms in total. The van der Waals surface area contributed by atoms with E-state index in [9.17, 15) is 5.11 Å². The van der Waals surface area contributed by atoms with Crippen molar-refractivity contribution in [2.45, 2.75) is 39.3 Å². The molecule has 1 unspecified atom stereocenters. The van der Waals surface area contributed by atoms with Crippen molar-refractivity contribution < 1.29 is 14.3 Å². The molecule has 0 fully saturated rings. The lowest BCUT2D eigenvalue weighted by atomic mass is 10.1. The maximum absolute atomic E-state index is 9.68. The number of rotatable bonds is 8. The van der Waals surface area contributed by atoms with Crippen LogP contribution in [-0.4, -0.2) is 17.8 Å². The van der Waals surface area contributed by atoms with Gasteiger partial charge in [-0.05, 0) is 50.1 Å². The molecule has 0 saturated heterocycles. The van der Waals surface area contributed by atoms with E-state index in [0.29, 0.717) is 18.4 Å². The van der Waals surface area contributed by atoms with Crippen molar-refractivity contribution >= 4 is 0 Å². The standard InChI is InChI=1S/C17H23NO3/c1-3-20-17-11-14(7-9-16(17)19)12-18-13(2)6-8-15-5-4-10-21-15/h4-5,7,9-11,13,18-19H,3,6,8,12H2,1-2H3. The molecule has 0 aliphatic heterocycles. The molecule has 1 aromatic carbocycles. The zero-order chi connectivity index (χ0) is 15.1. The molecule has 0 bridgehead atoms. The van der Waals surface area contributed by atoms with Crippen molar-refractivity contribution in [3.05, 3.63) is 47.9 Å². The van der Waals surface area contributed by atoms with Gasteiger partial charge in [-0.1, -0.05) is 6.07 Å². The maximum Gasteiger partial charge on any atom is 0.161 e. The lowest BCUT2D eigenvalue weighted by molar-refractivity contribution is 0.317. The van der Waals surface area contributed by atoms with E-state index in [0.717, 1.165) is 30.7 Å². The Hall–Kier alpha value is -1.94. The number of ether oxygens (including phenoxy) is 1. The zero-order valence-corrected chi connectivity index (χ0v) is 12.6. The number of benzene rings is 1. The van der Waals surface area contributed by atoms with E-state index in [1.807, 2.05) is 31.2 Å². The molecule has 4 heteroatoms. The second-order valence-electron chi connectivity index (χ2n) is 5.14. The second kappa shape index (κ2) is 7.74. The summed E-state index contributed by atoms with van der Waals surface area (Å²) in [6, 6.07) is 9.77. The summed E-state index contributed by atoms with van der Waals surface area (Å²) in [5, 5.41) is 13.1. The second-order valence-corrected chi connectivity index (χ2v) is 5.14. The Labute approximate surface area is 125 Å². The molecule has 0 spiro atoms. The predicted molar refractivity (Wildman–Crippen MR) is 82.6 cm³/mol. The molecular formula is C17H23NO3. The third-order valence-corrected chi connectivity index (χ3v) is 3.38. The van der Waals surface area contributed by atoms with E-state index < -0.39 is 0 Å². The summed E-state index contributed by atoms with van der Waals surface area (Å²) in [7, 11) is 0. The van der Waals surface area contributed by atoms with Gasteiger partial charge < -0.3 is 19.6 Å². The molecule has 0 aliphatic carbocycles. The van der Waals surface area contributed by atoms with Crippen LogP contribution in [0.5, 0.6) is 11.5 Å². The van der Waals surface area contributed by atoms with E-state index in [4.69, 9.17) is 9.15 Å². The van der Waals surface area contributed by atoms with Gasteiger partial charge in [-0.25, -0.2) is 0 Å². The van der Waals surface area contributed by atoms with E-state index in [2.05, 4.69) is 12.2 Å². The summed E-state index contributed by atoms with van der Waals surface area (Å²) in [4.78, 5) is 0. The van der Waals surface area contributed by atoms with Gasteiger partial charge in [-0.15, -0.1) is 0 Å². The lowest BCUT2D eigenvalue weighted by Crippen LogP contribution is -2.25. The van der Waals surface area contributed by atoms with Crippen LogP contribution in [0.25, 0.3) is 0 Å². The average molecular weight is 289 g/mol. The van der Waals surface area contributed by atoms with Gasteiger partial charge >= 0.3 is 0 Å². The maximum atomic E-state index is 9.68. The van der Waals surface area contributed by atoms with Gasteiger partial charge in [0.05, 0.1) is 12.9 Å². The number of phenols is 1. The first-order valence-corrected chi connectivity index (χ1v) is 7.39. The number of aromatic hydroxyl groups is 1. The fourth-order valence-electron chi connectivity index (χ4n) is 2.15. The quantitative estimate of drug-likeness (QED) is 0.781. The normalized spacial score (nSPS) is 12.3. The summed E-state index contributed by atoms with van der Waals surface area (Å²) in [5.74, 6) is 1.75. The van der Waals surface area contributed by atoms with Gasteiger partial charge in [-0.3, -0.25) is 0 Å². The SMILES string of the molecule is CCOc1cc(CNC(C)CCc2ccco2)ccc1O. The smallest absolute Gasteiger partial charge is 0.161 e. The van der Waals surface area contributed by atoms with Crippen molar-refractivity contribution in [2.75, 3.05) is 6.61 Å². The average Bonchev–Trinajstić information content (AvgIpc) is 2.99. The number of aryl methyl sites for hydroxylation is 1. The van der Waals surface area contributed by atoms with E-state index >= 15 is 0 Å². The third kappa shape index (κ3) is 4.83. The topological polar surface area (TPSA) is 54.6 Å². The molecule has 2 N–H and O–H groups in total. The van der Waals surface area contributed by atoms with Crippen molar-refractivity contribution in [3.63, 3.8) is 0 Å². The number of phenolic OH excluding ortho intramolecular Hbond substituents is 1. The summed E-state index contributed by atoms with van der Waals surface area (Å²) in [6.45, 7) is 5.36. The van der Waals surface area contributed by atoms with E-state index in [1.165, 1.54) is 0 Å². The van der Waals surface area contributed by atoms with Crippen LogP contribution in [0.3, 0.4) is 0 Å². The Bertz CT molecular complexity index is 537. The molecule has 1 heterocycles. The van der Waals surface area contributed by atoms with Crippen molar-refractivity contribution in [1.82, 2.24) is 5.32 Å². The Morgan fingerprint density at radius 2 is 2.19 bits per heavy atom. The van der Waals surface area contributed by atoms with Gasteiger partial charge in [0.2, 0.25) is 0 Å². The Balaban J connectivity index is 1.80. The van der Waals surface area contributed by atoms with Crippen molar-refractivity contribution in [2.24, 2.45) is 0 Å². The third-order valence-electron chi connectivity index (χ3n) is 3.38. The van der Waals surface area contributed by atoms with Gasteiger partial charge in [0, 0.05) is 19.0 Å². The molecule has 0 radical (unpaired) electrons. The van der Waals surface area contributed by atoms with Gasteiger partial charge in [0.25, 0.3) is 0 Å². The highest BCUT2D eigenvalue weighted by Crippen LogP contribution is 2.26. The van der Waals surface area contributed by atoms with Gasteiger partial charge in [-0.2, -0.15) is 0 Å². The Morgan fingerprint density at radius 3 is 2.90 bits per heavy atom. The number of hydrogen-bond donors (Lipinski definition) is 2. The Morgan fingerprint density at radius 1 is 1.33 bits per heavy atom. The molecule has 0 amide bonds. The minimum atomic E-state index is 0.187. The van der Waals surface area contributed by atoms with E-state index in [1.54, 1.807) is 12.3 Å². The highest BCUT2D eigenvalue weighted by molar-refractivity contribution is 5.41. The van der Waals surface area contributed by atoms with Crippen LogP contribution >= 0.6 is 0 Å². The fraction of sp³-hybridized carbons (Fsp3) is 0.412. The fourth-order valence-corrected chi connectivity index (χ4v) is 2.15. The molecule has 0 aliphatic rings. The molecule has 2 aromatic rings. The first kappa shape index (κ1) is 15.4. The summed E-state index contributed by atoms with van der Waals surface area (Å²) >= 11 is 0. The number of hydrogen-bond acceptors (Lipinski definition) is 4. The molecular weight excluding hydrogens is 266 g/mol. The highest BCUT2D eigenvalue weighted by Gasteiger charge is 2.06. The zero-order valence-electron chi connectivity index (χ0n) is 12.6. The number of furan rings is 1. The van der Waals surface area contributed by atoms with E-state index in [-0.39, 0.29) is 5.75 Å². The molecule has 0 saturated carbocycles. The summed E-state index contributed by atoms with van der Waals surface area (Å²) < 4.78 is 10.7. The minimum absolute atomic E-state index is 0.187. The molecule has 1 aromatic heterocycles. The highest BCUT2D eigenvalue weighted by atomic mass is 16.5.